The first-order chi connectivity index (χ1) is 19.1. The normalized spacial score (nSPS) is 16.4. The molecule has 1 aliphatic heterocycles. The molecular weight excluding hydrogens is 488 g/mol. The lowest BCUT2D eigenvalue weighted by Crippen LogP contribution is -2.49. The summed E-state index contributed by atoms with van der Waals surface area (Å²) in [6.45, 7) is 8.69. The number of unbranched alkanes of at least 4 members (excludes halogenated alkanes) is 1. The Kier molecular flexibility index (Phi) is 11.6. The zero-order valence-corrected chi connectivity index (χ0v) is 23.8. The van der Waals surface area contributed by atoms with Crippen molar-refractivity contribution in [1.29, 1.82) is 0 Å². The van der Waals surface area contributed by atoms with Crippen LogP contribution in [0.2, 0.25) is 0 Å². The van der Waals surface area contributed by atoms with Crippen molar-refractivity contribution in [1.82, 2.24) is 25.5 Å². The Morgan fingerprint density at radius 3 is 2.38 bits per heavy atom. The highest BCUT2D eigenvalue weighted by Crippen LogP contribution is 2.20. The molecule has 2 aliphatic rings. The maximum atomic E-state index is 12.3. The van der Waals surface area contributed by atoms with Crippen LogP contribution < -0.4 is 26.6 Å². The molecule has 1 amide bonds. The summed E-state index contributed by atoms with van der Waals surface area (Å²) in [7, 11) is 0. The van der Waals surface area contributed by atoms with Crippen LogP contribution in [-0.4, -0.2) is 66.1 Å². The van der Waals surface area contributed by atoms with Crippen molar-refractivity contribution in [3.63, 3.8) is 0 Å². The van der Waals surface area contributed by atoms with E-state index in [0.29, 0.717) is 37.8 Å². The van der Waals surface area contributed by atoms with Crippen LogP contribution in [-0.2, 0) is 17.9 Å². The van der Waals surface area contributed by atoms with Gasteiger partial charge in [-0.15, -0.1) is 0 Å². The first kappa shape index (κ1) is 29.1. The molecule has 0 atom stereocenters. The Morgan fingerprint density at radius 2 is 1.67 bits per heavy atom. The maximum Gasteiger partial charge on any atom is 0.226 e. The van der Waals surface area contributed by atoms with Gasteiger partial charge < -0.3 is 31.5 Å². The van der Waals surface area contributed by atoms with Gasteiger partial charge in [0, 0.05) is 57.8 Å². The number of carbonyl (C=O) groups is 1. The molecule has 2 fully saturated rings. The van der Waals surface area contributed by atoms with Crippen LogP contribution in [0.25, 0.3) is 0 Å². The summed E-state index contributed by atoms with van der Waals surface area (Å²) in [4.78, 5) is 25.6. The Balaban J connectivity index is 1.16. The number of nitrogens with zero attached hydrogens (tertiary/aromatic N) is 4. The minimum Gasteiger partial charge on any atom is -0.383 e. The largest absolute Gasteiger partial charge is 0.383 e. The fourth-order valence-electron chi connectivity index (χ4n) is 5.38. The summed E-state index contributed by atoms with van der Waals surface area (Å²) in [5.41, 5.74) is 8.56. The van der Waals surface area contributed by atoms with Crippen LogP contribution in [0.15, 0.2) is 30.3 Å². The fourth-order valence-corrected chi connectivity index (χ4v) is 5.38. The van der Waals surface area contributed by atoms with Crippen LogP contribution in [0.1, 0.15) is 75.8 Å². The standard InChI is InChI=1S/C30H48N8O/c1-2-3-10-29(39)38-19-17-37(18-20-38)28-21-27(31)35-30(36-28)34-23-25-13-11-24(12-14-25)22-32-15-7-16-33-26-8-5-4-6-9-26/h11-14,21,26,32-33H,2-10,15-20,22-23H2,1H3,(H3,31,34,35,36). The van der Waals surface area contributed by atoms with E-state index < -0.39 is 0 Å². The summed E-state index contributed by atoms with van der Waals surface area (Å²) in [6, 6.07) is 11.2. The number of aromatic nitrogens is 2. The Hall–Kier alpha value is -2.91. The third-order valence-corrected chi connectivity index (χ3v) is 7.80. The highest BCUT2D eigenvalue weighted by molar-refractivity contribution is 5.76. The maximum absolute atomic E-state index is 12.3. The molecular formula is C30H48N8O. The van der Waals surface area contributed by atoms with Gasteiger partial charge >= 0.3 is 0 Å². The average molecular weight is 537 g/mol. The molecule has 1 aromatic heterocycles. The van der Waals surface area contributed by atoms with Gasteiger partial charge in [0.25, 0.3) is 0 Å². The van der Waals surface area contributed by atoms with E-state index in [0.717, 1.165) is 63.8 Å². The number of rotatable bonds is 14. The van der Waals surface area contributed by atoms with Gasteiger partial charge in [0.05, 0.1) is 0 Å². The Morgan fingerprint density at radius 1 is 0.949 bits per heavy atom. The lowest BCUT2D eigenvalue weighted by atomic mass is 9.95. The molecule has 0 spiro atoms. The van der Waals surface area contributed by atoms with Crippen molar-refractivity contribution in [3.05, 3.63) is 41.5 Å². The Bertz CT molecular complexity index is 1000. The van der Waals surface area contributed by atoms with E-state index in [-0.39, 0.29) is 5.91 Å². The lowest BCUT2D eigenvalue weighted by Gasteiger charge is -2.35. The number of carbonyl (C=O) groups excluding carboxylic acids is 1. The van der Waals surface area contributed by atoms with E-state index in [4.69, 9.17) is 10.7 Å². The molecule has 1 aliphatic carbocycles. The quantitative estimate of drug-likeness (QED) is 0.269. The number of anilines is 3. The number of hydrogen-bond donors (Lipinski definition) is 4. The number of hydrogen-bond acceptors (Lipinski definition) is 8. The monoisotopic (exact) mass is 536 g/mol. The van der Waals surface area contributed by atoms with Gasteiger partial charge in [-0.25, -0.2) is 0 Å². The van der Waals surface area contributed by atoms with Crippen LogP contribution in [0.3, 0.4) is 0 Å². The van der Waals surface area contributed by atoms with E-state index in [9.17, 15) is 4.79 Å². The van der Waals surface area contributed by atoms with E-state index in [1.165, 1.54) is 43.2 Å². The molecule has 5 N–H and O–H groups in total. The molecule has 2 aromatic rings. The van der Waals surface area contributed by atoms with Crippen LogP contribution in [0.5, 0.6) is 0 Å². The minimum atomic E-state index is 0.255. The summed E-state index contributed by atoms with van der Waals surface area (Å²) in [6.07, 6.45) is 10.7. The Labute approximate surface area is 234 Å². The summed E-state index contributed by atoms with van der Waals surface area (Å²) < 4.78 is 0. The fraction of sp³-hybridized carbons (Fsp3) is 0.633. The van der Waals surface area contributed by atoms with E-state index in [1.807, 2.05) is 11.0 Å². The summed E-state index contributed by atoms with van der Waals surface area (Å²) in [5, 5.41) is 10.6. The van der Waals surface area contributed by atoms with Crippen LogP contribution >= 0.6 is 0 Å². The van der Waals surface area contributed by atoms with E-state index >= 15 is 0 Å². The predicted octanol–water partition coefficient (Wildman–Crippen LogP) is 3.91. The van der Waals surface area contributed by atoms with Crippen molar-refractivity contribution in [2.24, 2.45) is 0 Å². The zero-order valence-electron chi connectivity index (χ0n) is 23.8. The van der Waals surface area contributed by atoms with Crippen LogP contribution in [0.4, 0.5) is 17.6 Å². The van der Waals surface area contributed by atoms with Gasteiger partial charge in [0.15, 0.2) is 0 Å². The van der Waals surface area contributed by atoms with Gasteiger partial charge in [0.1, 0.15) is 11.6 Å². The second-order valence-electron chi connectivity index (χ2n) is 10.9. The van der Waals surface area contributed by atoms with Crippen molar-refractivity contribution in [2.75, 3.05) is 55.2 Å². The highest BCUT2D eigenvalue weighted by Gasteiger charge is 2.22. The zero-order chi connectivity index (χ0) is 27.3. The van der Waals surface area contributed by atoms with Crippen molar-refractivity contribution < 1.29 is 4.79 Å². The number of nitrogen functional groups attached to an aromatic ring is 1. The molecule has 1 saturated carbocycles. The molecule has 1 saturated heterocycles. The predicted molar refractivity (Wildman–Crippen MR) is 160 cm³/mol. The molecule has 0 bridgehead atoms. The molecule has 214 valence electrons. The molecule has 1 aromatic carbocycles. The van der Waals surface area contributed by atoms with Gasteiger partial charge in [-0.1, -0.05) is 56.9 Å². The van der Waals surface area contributed by atoms with Crippen molar-refractivity contribution in [2.45, 2.75) is 83.8 Å². The first-order valence-electron chi connectivity index (χ1n) is 15.0. The second-order valence-corrected chi connectivity index (χ2v) is 10.9. The highest BCUT2D eigenvalue weighted by atomic mass is 16.2. The number of amides is 1. The molecule has 0 radical (unpaired) electrons. The third-order valence-electron chi connectivity index (χ3n) is 7.80. The van der Waals surface area contributed by atoms with Crippen molar-refractivity contribution >= 4 is 23.5 Å². The average Bonchev–Trinajstić information content (AvgIpc) is 2.97. The van der Waals surface area contributed by atoms with E-state index in [2.05, 4.69) is 57.0 Å². The number of nitrogens with two attached hydrogens (primary N) is 1. The SMILES string of the molecule is CCCCC(=O)N1CCN(c2cc(N)nc(NCc3ccc(CNCCCNC4CCCCC4)cc3)n2)CC1. The second kappa shape index (κ2) is 15.6. The first-order valence-corrected chi connectivity index (χ1v) is 15.0. The summed E-state index contributed by atoms with van der Waals surface area (Å²) in [5.74, 6) is 2.03. The number of piperazine rings is 1. The smallest absolute Gasteiger partial charge is 0.226 e. The summed E-state index contributed by atoms with van der Waals surface area (Å²) >= 11 is 0. The topological polar surface area (TPSA) is 111 Å². The molecule has 39 heavy (non-hydrogen) atoms. The van der Waals surface area contributed by atoms with E-state index in [1.54, 1.807) is 0 Å². The molecule has 0 unspecified atom stereocenters. The molecule has 2 heterocycles. The van der Waals surface area contributed by atoms with Gasteiger partial charge in [0.2, 0.25) is 11.9 Å². The number of benzene rings is 1. The molecule has 4 rings (SSSR count). The number of nitrogens with one attached hydrogen (secondary N) is 3. The van der Waals surface area contributed by atoms with Gasteiger partial charge in [-0.2, -0.15) is 9.97 Å². The van der Waals surface area contributed by atoms with Crippen molar-refractivity contribution in [3.8, 4) is 0 Å². The lowest BCUT2D eigenvalue weighted by molar-refractivity contribution is -0.131. The molecule has 9 heteroatoms. The molecule has 9 nitrogen and oxygen atoms in total. The van der Waals surface area contributed by atoms with Gasteiger partial charge in [-0.05, 0) is 49.9 Å². The van der Waals surface area contributed by atoms with Gasteiger partial charge in [-0.3, -0.25) is 4.79 Å². The third kappa shape index (κ3) is 9.65. The minimum absolute atomic E-state index is 0.255. The van der Waals surface area contributed by atoms with Crippen LogP contribution in [0, 0.1) is 0 Å².